The standard InChI is InChI=1S/C13H17N5/c14-8-12-7-11(1-2-15-12)9-17-5-6-18-4-3-16-13(18)10-17/h1-4,7H,5-6,8-10,14H2. The summed E-state index contributed by atoms with van der Waals surface area (Å²) in [5.41, 5.74) is 7.83. The summed E-state index contributed by atoms with van der Waals surface area (Å²) in [4.78, 5) is 11.0. The predicted octanol–water partition coefficient (Wildman–Crippen LogP) is 0.753. The third-order valence-electron chi connectivity index (χ3n) is 3.32. The van der Waals surface area contributed by atoms with Crippen LogP contribution in [0.2, 0.25) is 0 Å². The topological polar surface area (TPSA) is 60.0 Å². The van der Waals surface area contributed by atoms with Gasteiger partial charge in [0.1, 0.15) is 5.82 Å². The highest BCUT2D eigenvalue weighted by atomic mass is 15.2. The van der Waals surface area contributed by atoms with E-state index in [1.54, 1.807) is 0 Å². The summed E-state index contributed by atoms with van der Waals surface area (Å²) >= 11 is 0. The molecule has 1 aliphatic heterocycles. The van der Waals surface area contributed by atoms with Crippen LogP contribution in [0.5, 0.6) is 0 Å². The first-order chi connectivity index (χ1) is 8.85. The van der Waals surface area contributed by atoms with Crippen molar-refractivity contribution in [3.8, 4) is 0 Å². The fourth-order valence-corrected chi connectivity index (χ4v) is 2.35. The molecule has 2 aromatic rings. The predicted molar refractivity (Wildman–Crippen MR) is 68.5 cm³/mol. The lowest BCUT2D eigenvalue weighted by Crippen LogP contribution is -2.33. The van der Waals surface area contributed by atoms with Crippen molar-refractivity contribution in [2.45, 2.75) is 26.2 Å². The van der Waals surface area contributed by atoms with Crippen LogP contribution in [-0.4, -0.2) is 26.0 Å². The molecule has 0 aliphatic carbocycles. The van der Waals surface area contributed by atoms with E-state index in [1.165, 1.54) is 5.56 Å². The van der Waals surface area contributed by atoms with E-state index in [-0.39, 0.29) is 0 Å². The molecule has 0 atom stereocenters. The molecule has 0 saturated carbocycles. The summed E-state index contributed by atoms with van der Waals surface area (Å²) in [6, 6.07) is 4.14. The van der Waals surface area contributed by atoms with Crippen LogP contribution in [-0.2, 0) is 26.2 Å². The lowest BCUT2D eigenvalue weighted by atomic mass is 10.2. The summed E-state index contributed by atoms with van der Waals surface area (Å²) in [7, 11) is 0. The SMILES string of the molecule is NCc1cc(CN2CCn3ccnc3C2)ccn1. The van der Waals surface area contributed by atoms with Gasteiger partial charge in [0.2, 0.25) is 0 Å². The summed E-state index contributed by atoms with van der Waals surface area (Å²) < 4.78 is 2.22. The summed E-state index contributed by atoms with van der Waals surface area (Å²) in [5, 5.41) is 0. The number of nitrogens with two attached hydrogens (primary N) is 1. The Morgan fingerprint density at radius 3 is 3.06 bits per heavy atom. The Morgan fingerprint density at radius 2 is 2.17 bits per heavy atom. The Hall–Kier alpha value is -1.72. The van der Waals surface area contributed by atoms with Crippen LogP contribution in [0.25, 0.3) is 0 Å². The molecule has 3 heterocycles. The van der Waals surface area contributed by atoms with Gasteiger partial charge in [-0.3, -0.25) is 9.88 Å². The van der Waals surface area contributed by atoms with Crippen LogP contribution in [0.4, 0.5) is 0 Å². The normalized spacial score (nSPS) is 15.6. The number of imidazole rings is 1. The Morgan fingerprint density at radius 1 is 1.22 bits per heavy atom. The first kappa shape index (κ1) is 11.4. The van der Waals surface area contributed by atoms with Gasteiger partial charge in [-0.15, -0.1) is 0 Å². The molecule has 94 valence electrons. The molecule has 0 fully saturated rings. The zero-order chi connectivity index (χ0) is 12.4. The number of hydrogen-bond acceptors (Lipinski definition) is 4. The second-order valence-corrected chi connectivity index (χ2v) is 4.61. The van der Waals surface area contributed by atoms with Crippen LogP contribution < -0.4 is 5.73 Å². The van der Waals surface area contributed by atoms with Gasteiger partial charge in [-0.25, -0.2) is 4.98 Å². The maximum absolute atomic E-state index is 5.61. The molecule has 2 aromatic heterocycles. The number of pyridine rings is 1. The van der Waals surface area contributed by atoms with Crippen LogP contribution >= 0.6 is 0 Å². The van der Waals surface area contributed by atoms with Gasteiger partial charge >= 0.3 is 0 Å². The van der Waals surface area contributed by atoms with Gasteiger partial charge in [0.05, 0.1) is 12.2 Å². The average Bonchev–Trinajstić information content (AvgIpc) is 2.86. The van der Waals surface area contributed by atoms with E-state index in [2.05, 4.69) is 31.6 Å². The highest BCUT2D eigenvalue weighted by Crippen LogP contribution is 2.14. The first-order valence-electron chi connectivity index (χ1n) is 6.21. The molecule has 1 aliphatic rings. The fraction of sp³-hybridized carbons (Fsp3) is 0.385. The minimum absolute atomic E-state index is 0.498. The van der Waals surface area contributed by atoms with E-state index in [9.17, 15) is 0 Å². The van der Waals surface area contributed by atoms with Crippen molar-refractivity contribution in [1.29, 1.82) is 0 Å². The van der Waals surface area contributed by atoms with Crippen molar-refractivity contribution < 1.29 is 0 Å². The molecule has 0 saturated heterocycles. The van der Waals surface area contributed by atoms with E-state index in [1.807, 2.05) is 18.6 Å². The van der Waals surface area contributed by atoms with Crippen LogP contribution in [0.15, 0.2) is 30.7 Å². The molecule has 0 aromatic carbocycles. The molecule has 5 nitrogen and oxygen atoms in total. The number of hydrogen-bond donors (Lipinski definition) is 1. The highest BCUT2D eigenvalue weighted by Gasteiger charge is 2.16. The van der Waals surface area contributed by atoms with Crippen molar-refractivity contribution >= 4 is 0 Å². The maximum Gasteiger partial charge on any atom is 0.122 e. The second kappa shape index (κ2) is 4.88. The van der Waals surface area contributed by atoms with E-state index < -0.39 is 0 Å². The van der Waals surface area contributed by atoms with Crippen molar-refractivity contribution in [1.82, 2.24) is 19.4 Å². The molecule has 2 N–H and O–H groups in total. The first-order valence-corrected chi connectivity index (χ1v) is 6.21. The van der Waals surface area contributed by atoms with Crippen LogP contribution in [0, 0.1) is 0 Å². The van der Waals surface area contributed by atoms with E-state index >= 15 is 0 Å². The van der Waals surface area contributed by atoms with Crippen molar-refractivity contribution in [2.24, 2.45) is 5.73 Å². The zero-order valence-electron chi connectivity index (χ0n) is 10.3. The Bertz CT molecular complexity index is 534. The molecule has 0 unspecified atom stereocenters. The largest absolute Gasteiger partial charge is 0.333 e. The van der Waals surface area contributed by atoms with Gasteiger partial charge in [-0.05, 0) is 17.7 Å². The van der Waals surface area contributed by atoms with Gasteiger partial charge in [0, 0.05) is 44.8 Å². The number of fused-ring (bicyclic) bond motifs is 1. The average molecular weight is 243 g/mol. The molecule has 0 radical (unpaired) electrons. The maximum atomic E-state index is 5.61. The second-order valence-electron chi connectivity index (χ2n) is 4.61. The monoisotopic (exact) mass is 243 g/mol. The van der Waals surface area contributed by atoms with Crippen molar-refractivity contribution in [3.63, 3.8) is 0 Å². The van der Waals surface area contributed by atoms with E-state index in [0.717, 1.165) is 37.7 Å². The lowest BCUT2D eigenvalue weighted by molar-refractivity contribution is 0.209. The van der Waals surface area contributed by atoms with Crippen molar-refractivity contribution in [3.05, 3.63) is 47.8 Å². The van der Waals surface area contributed by atoms with Crippen LogP contribution in [0.3, 0.4) is 0 Å². The van der Waals surface area contributed by atoms with E-state index in [0.29, 0.717) is 6.54 Å². The van der Waals surface area contributed by atoms with Gasteiger partial charge in [-0.2, -0.15) is 0 Å². The molecule has 5 heteroatoms. The lowest BCUT2D eigenvalue weighted by Gasteiger charge is -2.27. The van der Waals surface area contributed by atoms with Gasteiger partial charge in [-0.1, -0.05) is 0 Å². The number of aromatic nitrogens is 3. The summed E-state index contributed by atoms with van der Waals surface area (Å²) in [6.45, 7) is 4.42. The Balaban J connectivity index is 1.70. The smallest absolute Gasteiger partial charge is 0.122 e. The van der Waals surface area contributed by atoms with Gasteiger partial charge in [0.25, 0.3) is 0 Å². The summed E-state index contributed by atoms with van der Waals surface area (Å²) in [6.07, 6.45) is 5.76. The molecule has 0 bridgehead atoms. The molecular weight excluding hydrogens is 226 g/mol. The van der Waals surface area contributed by atoms with E-state index in [4.69, 9.17) is 5.73 Å². The Labute approximate surface area is 106 Å². The summed E-state index contributed by atoms with van der Waals surface area (Å²) in [5.74, 6) is 1.15. The number of rotatable bonds is 3. The third-order valence-corrected chi connectivity index (χ3v) is 3.32. The van der Waals surface area contributed by atoms with Crippen LogP contribution in [0.1, 0.15) is 17.1 Å². The van der Waals surface area contributed by atoms with Gasteiger partial charge in [0.15, 0.2) is 0 Å². The zero-order valence-corrected chi connectivity index (χ0v) is 10.3. The van der Waals surface area contributed by atoms with Gasteiger partial charge < -0.3 is 10.3 Å². The van der Waals surface area contributed by atoms with Crippen molar-refractivity contribution in [2.75, 3.05) is 6.54 Å². The minimum atomic E-state index is 0.498. The quantitative estimate of drug-likeness (QED) is 0.864. The number of nitrogens with zero attached hydrogens (tertiary/aromatic N) is 4. The fourth-order valence-electron chi connectivity index (χ4n) is 2.35. The Kier molecular flexibility index (Phi) is 3.08. The minimum Gasteiger partial charge on any atom is -0.333 e. The molecule has 0 spiro atoms. The third kappa shape index (κ3) is 2.27. The molecule has 18 heavy (non-hydrogen) atoms. The highest BCUT2D eigenvalue weighted by molar-refractivity contribution is 5.16. The molecule has 0 amide bonds. The molecule has 3 rings (SSSR count). The molecular formula is C13H17N5.